The van der Waals surface area contributed by atoms with E-state index in [-0.39, 0.29) is 11.8 Å². The summed E-state index contributed by atoms with van der Waals surface area (Å²) in [5.74, 6) is -4.88. The van der Waals surface area contributed by atoms with Crippen LogP contribution >= 0.6 is 0 Å². The minimum atomic E-state index is -1.97. The quantitative estimate of drug-likeness (QED) is 0.129. The first-order chi connectivity index (χ1) is 22.4. The molecule has 2 saturated carbocycles. The van der Waals surface area contributed by atoms with Crippen molar-refractivity contribution < 1.29 is 39.2 Å². The molecule has 0 aromatic rings. The van der Waals surface area contributed by atoms with Gasteiger partial charge in [0.2, 0.25) is 0 Å². The zero-order valence-corrected chi connectivity index (χ0v) is 29.6. The maximum Gasteiger partial charge on any atom is 0.331 e. The van der Waals surface area contributed by atoms with Gasteiger partial charge in [0.1, 0.15) is 11.7 Å². The Hall–Kier alpha value is -3.33. The van der Waals surface area contributed by atoms with Crippen molar-refractivity contribution in [2.24, 2.45) is 34.5 Å². The van der Waals surface area contributed by atoms with E-state index in [9.17, 15) is 29.7 Å². The lowest BCUT2D eigenvalue weighted by molar-refractivity contribution is -0.226. The molecule has 3 N–H and O–H groups in total. The molecular weight excluding hydrogens is 608 g/mol. The lowest BCUT2D eigenvalue weighted by Crippen LogP contribution is -2.66. The second kappa shape index (κ2) is 12.5. The average Bonchev–Trinajstić information content (AvgIpc) is 3.42. The minimum Gasteiger partial charge on any atom is -0.455 e. The number of ether oxygens (including phenoxy) is 2. The molecule has 5 aliphatic rings. The van der Waals surface area contributed by atoms with Crippen LogP contribution in [0.2, 0.25) is 0 Å². The number of hydrogen-bond donors (Lipinski definition) is 3. The Kier molecular flexibility index (Phi) is 9.39. The molecule has 8 atom stereocenters. The Labute approximate surface area is 284 Å². The van der Waals surface area contributed by atoms with E-state index in [1.165, 1.54) is 37.0 Å². The number of carbonyl (C=O) groups excluding carboxylic acids is 3. The smallest absolute Gasteiger partial charge is 0.331 e. The molecule has 5 aliphatic carbocycles. The molecule has 0 aliphatic heterocycles. The van der Waals surface area contributed by atoms with E-state index in [1.807, 2.05) is 38.2 Å². The molecule has 0 amide bonds. The number of rotatable bonds is 8. The third-order valence-electron chi connectivity index (χ3n) is 12.1. The van der Waals surface area contributed by atoms with Crippen molar-refractivity contribution in [3.8, 4) is 0 Å². The van der Waals surface area contributed by atoms with Crippen LogP contribution in [0.25, 0.3) is 0 Å². The van der Waals surface area contributed by atoms with E-state index >= 15 is 0 Å². The van der Waals surface area contributed by atoms with Gasteiger partial charge in [0.15, 0.2) is 11.4 Å². The van der Waals surface area contributed by atoms with Crippen LogP contribution < -0.4 is 0 Å². The van der Waals surface area contributed by atoms with E-state index in [0.29, 0.717) is 11.1 Å². The largest absolute Gasteiger partial charge is 0.455 e. The zero-order chi connectivity index (χ0) is 35.4. The van der Waals surface area contributed by atoms with Gasteiger partial charge in [0, 0.05) is 48.5 Å². The Morgan fingerprint density at radius 2 is 1.65 bits per heavy atom. The lowest BCUT2D eigenvalue weighted by Gasteiger charge is -2.53. The number of esters is 2. The van der Waals surface area contributed by atoms with Crippen LogP contribution in [-0.4, -0.2) is 62.6 Å². The van der Waals surface area contributed by atoms with E-state index in [0.717, 1.165) is 6.42 Å². The summed E-state index contributed by atoms with van der Waals surface area (Å²) in [7, 11) is 0. The van der Waals surface area contributed by atoms with Gasteiger partial charge in [-0.1, -0.05) is 94.9 Å². The topological polar surface area (TPSA) is 130 Å². The van der Waals surface area contributed by atoms with Crippen LogP contribution in [0.3, 0.4) is 0 Å². The van der Waals surface area contributed by atoms with E-state index < -0.39 is 76.3 Å². The highest BCUT2D eigenvalue weighted by Crippen LogP contribution is 2.77. The molecule has 2 fully saturated rings. The van der Waals surface area contributed by atoms with Crippen LogP contribution in [0.15, 0.2) is 83.1 Å². The maximum atomic E-state index is 13.3. The highest BCUT2D eigenvalue weighted by Gasteiger charge is 2.87. The minimum absolute atomic E-state index is 0.140. The summed E-state index contributed by atoms with van der Waals surface area (Å²) >= 11 is 0. The summed E-state index contributed by atoms with van der Waals surface area (Å²) < 4.78 is 12.2. The number of carbonyl (C=O) groups is 3. The molecule has 0 aromatic carbocycles. The van der Waals surface area contributed by atoms with Crippen molar-refractivity contribution >= 4 is 17.7 Å². The number of aliphatic hydroxyl groups is 3. The number of aliphatic hydroxyl groups excluding tert-OH is 1. The van der Waals surface area contributed by atoms with Crippen molar-refractivity contribution in [2.45, 2.75) is 104 Å². The molecule has 0 unspecified atom stereocenters. The molecule has 0 saturated heterocycles. The average molecular weight is 661 g/mol. The molecule has 8 heteroatoms. The molecular formula is C40H52O8. The highest BCUT2D eigenvalue weighted by molar-refractivity contribution is 6.04. The van der Waals surface area contributed by atoms with Crippen molar-refractivity contribution in [2.75, 3.05) is 6.61 Å². The summed E-state index contributed by atoms with van der Waals surface area (Å²) in [6, 6.07) is 0. The predicted molar refractivity (Wildman–Crippen MR) is 183 cm³/mol. The van der Waals surface area contributed by atoms with Gasteiger partial charge in [-0.05, 0) is 55.2 Å². The SMILES string of the molecule is CC(=O)O[C@@]12[C@H](OC(=O)/C=C/C=C/C=C/C=C/C3=C(C)CCCC3(C)C)[C@@H](C)[C@@]3(O)[C@@H](C=C(CO)C[C@]4(O)C(=O)C(C)=C[C@@H]34)[C@@H]1C2(C)C. The summed E-state index contributed by atoms with van der Waals surface area (Å²) in [5, 5.41) is 34.8. The first-order valence-corrected chi connectivity index (χ1v) is 17.2. The molecule has 8 nitrogen and oxygen atoms in total. The molecule has 48 heavy (non-hydrogen) atoms. The summed E-state index contributed by atoms with van der Waals surface area (Å²) in [6.07, 6.45) is 20.0. The van der Waals surface area contributed by atoms with Crippen LogP contribution in [0, 0.1) is 34.5 Å². The molecule has 5 rings (SSSR count). The lowest BCUT2D eigenvalue weighted by atomic mass is 9.59. The van der Waals surface area contributed by atoms with Crippen molar-refractivity contribution in [3.63, 3.8) is 0 Å². The van der Waals surface area contributed by atoms with Crippen LogP contribution in [0.4, 0.5) is 0 Å². The molecule has 260 valence electrons. The van der Waals surface area contributed by atoms with Crippen LogP contribution in [0.5, 0.6) is 0 Å². The van der Waals surface area contributed by atoms with Crippen molar-refractivity contribution in [1.29, 1.82) is 0 Å². The first-order valence-electron chi connectivity index (χ1n) is 17.2. The number of ketones is 1. The first kappa shape index (κ1) is 36.0. The predicted octanol–water partition coefficient (Wildman–Crippen LogP) is 5.80. The Morgan fingerprint density at radius 1 is 1.00 bits per heavy atom. The van der Waals surface area contributed by atoms with Crippen LogP contribution in [0.1, 0.15) is 81.1 Å². The van der Waals surface area contributed by atoms with Gasteiger partial charge in [-0.25, -0.2) is 4.79 Å². The summed E-state index contributed by atoms with van der Waals surface area (Å²) in [4.78, 5) is 39.2. The van der Waals surface area contributed by atoms with Crippen molar-refractivity contribution in [1.82, 2.24) is 0 Å². The van der Waals surface area contributed by atoms with Gasteiger partial charge in [-0.15, -0.1) is 0 Å². The zero-order valence-electron chi connectivity index (χ0n) is 29.6. The summed E-state index contributed by atoms with van der Waals surface area (Å²) in [6.45, 7) is 14.8. The normalized spacial score (nSPS) is 38.5. The Balaban J connectivity index is 1.40. The fraction of sp³-hybridized carbons (Fsp3) is 0.575. The van der Waals surface area contributed by atoms with Gasteiger partial charge in [0.05, 0.1) is 12.2 Å². The number of Topliss-reactive ketones (excluding diaryl/α,β-unsaturated/α-hetero) is 1. The monoisotopic (exact) mass is 660 g/mol. The third kappa shape index (κ3) is 5.54. The van der Waals surface area contributed by atoms with Gasteiger partial charge in [-0.3, -0.25) is 9.59 Å². The standard InChI is InChI=1S/C40H52O8/c1-24-16-15-19-36(5,6)29(24)17-13-11-9-10-12-14-18-32(43)47-35-26(3)39(46)30(33-37(7,8)40(33,35)48-27(4)42)21-28(23-41)22-38(45)31(39)20-25(2)34(38)44/h9-14,17-18,20-21,26,30-31,33,35,41,45-46H,15-16,19,22-23H2,1-8H3/b11-9+,12-10+,17-13+,18-14+/t26-,30+,31-,33-,35-,38-,39-,40-/m1/s1. The highest BCUT2D eigenvalue weighted by atomic mass is 16.6. The van der Waals surface area contributed by atoms with Gasteiger partial charge >= 0.3 is 11.9 Å². The van der Waals surface area contributed by atoms with Gasteiger partial charge in [0.25, 0.3) is 0 Å². The number of hydrogen-bond acceptors (Lipinski definition) is 8. The fourth-order valence-electron chi connectivity index (χ4n) is 9.78. The van der Waals surface area contributed by atoms with Crippen molar-refractivity contribution in [3.05, 3.63) is 83.1 Å². The number of allylic oxidation sites excluding steroid dienone is 9. The molecule has 0 aromatic heterocycles. The van der Waals surface area contributed by atoms with E-state index in [4.69, 9.17) is 9.47 Å². The second-order valence-corrected chi connectivity index (χ2v) is 15.8. The second-order valence-electron chi connectivity index (χ2n) is 15.8. The third-order valence-corrected chi connectivity index (χ3v) is 12.1. The van der Waals surface area contributed by atoms with E-state index in [2.05, 4.69) is 26.8 Å². The Morgan fingerprint density at radius 3 is 2.27 bits per heavy atom. The Bertz CT molecular complexity index is 1580. The van der Waals surface area contributed by atoms with Crippen LogP contribution in [-0.2, 0) is 23.9 Å². The van der Waals surface area contributed by atoms with Gasteiger partial charge in [-0.2, -0.15) is 0 Å². The molecule has 0 heterocycles. The fourth-order valence-corrected chi connectivity index (χ4v) is 9.78. The molecule has 0 radical (unpaired) electrons. The molecule has 0 bridgehead atoms. The van der Waals surface area contributed by atoms with E-state index in [1.54, 1.807) is 38.2 Å². The molecule has 0 spiro atoms. The summed E-state index contributed by atoms with van der Waals surface area (Å²) in [5.41, 5.74) is -2.03. The van der Waals surface area contributed by atoms with Gasteiger partial charge < -0.3 is 24.8 Å². The maximum absolute atomic E-state index is 13.3. The number of fused-ring (bicyclic) bond motifs is 5.